The minimum atomic E-state index is -0.0501. The van der Waals surface area contributed by atoms with Crippen molar-refractivity contribution >= 4 is 46.2 Å². The smallest absolute Gasteiger partial charge is 0.234 e. The molecule has 82 valence electrons. The molecule has 1 rings (SSSR count). The summed E-state index contributed by atoms with van der Waals surface area (Å²) in [5.41, 5.74) is 0.714. The van der Waals surface area contributed by atoms with Crippen molar-refractivity contribution < 1.29 is 19.4 Å². The first kappa shape index (κ1) is 12.7. The molecule has 1 aromatic rings. The summed E-state index contributed by atoms with van der Waals surface area (Å²) >= 11 is 2.85. The zero-order valence-corrected chi connectivity index (χ0v) is 10.4. The first-order valence-corrected chi connectivity index (χ1v) is 6.13. The van der Waals surface area contributed by atoms with Crippen molar-refractivity contribution in [3.8, 4) is 0 Å². The molecule has 0 radical (unpaired) electrons. The number of anilines is 1. The molecule has 0 aliphatic carbocycles. The second-order valence-corrected chi connectivity index (χ2v) is 3.97. The summed E-state index contributed by atoms with van der Waals surface area (Å²) in [6.07, 6.45) is 0. The molecule has 1 aromatic carbocycles. The zero-order chi connectivity index (χ0) is 11.1. The van der Waals surface area contributed by atoms with Crippen LogP contribution in [0.3, 0.4) is 0 Å². The van der Waals surface area contributed by atoms with Crippen LogP contribution >= 0.6 is 34.6 Å². The van der Waals surface area contributed by atoms with Gasteiger partial charge in [-0.05, 0) is 24.3 Å². The average molecular weight is 341 g/mol. The van der Waals surface area contributed by atoms with Crippen molar-refractivity contribution in [2.45, 2.75) is 4.90 Å². The molecule has 0 atom stereocenters. The molecular formula is C8H8INO4S. The van der Waals surface area contributed by atoms with Gasteiger partial charge in [0.15, 0.2) is 0 Å². The van der Waals surface area contributed by atoms with Crippen LogP contribution in [0, 0.1) is 0 Å². The van der Waals surface area contributed by atoms with E-state index in [1.54, 1.807) is 24.3 Å². The highest BCUT2D eigenvalue weighted by Crippen LogP contribution is 2.21. The number of hydrogen-bond donors (Lipinski definition) is 2. The van der Waals surface area contributed by atoms with Crippen molar-refractivity contribution in [1.29, 1.82) is 0 Å². The molecule has 0 fully saturated rings. The molecule has 0 unspecified atom stereocenters. The van der Waals surface area contributed by atoms with Crippen molar-refractivity contribution in [2.24, 2.45) is 0 Å². The van der Waals surface area contributed by atoms with Crippen LogP contribution in [0.5, 0.6) is 0 Å². The molecule has 1 amide bonds. The van der Waals surface area contributed by atoms with E-state index in [9.17, 15) is 4.79 Å². The van der Waals surface area contributed by atoms with Crippen LogP contribution in [0.15, 0.2) is 29.2 Å². The molecule has 0 saturated heterocycles. The summed E-state index contributed by atoms with van der Waals surface area (Å²) in [5.74, 6) is -0.0501. The van der Waals surface area contributed by atoms with Gasteiger partial charge in [-0.15, -0.1) is 4.33 Å². The molecule has 0 bridgehead atoms. The quantitative estimate of drug-likeness (QED) is 0.283. The molecule has 0 spiro atoms. The number of halogens is 1. The normalized spacial score (nSPS) is 10.0. The number of benzene rings is 1. The van der Waals surface area contributed by atoms with Gasteiger partial charge < -0.3 is 5.32 Å². The van der Waals surface area contributed by atoms with Crippen molar-refractivity contribution in [3.05, 3.63) is 24.3 Å². The van der Waals surface area contributed by atoms with E-state index in [-0.39, 0.29) is 5.91 Å². The number of alkyl halides is 1. The predicted octanol–water partition coefficient (Wildman–Crippen LogP) is 2.49. The lowest BCUT2D eigenvalue weighted by Crippen LogP contribution is -2.11. The second kappa shape index (κ2) is 7.01. The summed E-state index contributed by atoms with van der Waals surface area (Å²) in [4.78, 5) is 11.8. The number of carbonyl (C=O) groups excluding carboxylic acids is 1. The van der Waals surface area contributed by atoms with E-state index in [0.717, 1.165) is 16.9 Å². The van der Waals surface area contributed by atoms with Crippen LogP contribution in [0.2, 0.25) is 0 Å². The summed E-state index contributed by atoms with van der Waals surface area (Å²) in [6, 6.07) is 6.92. The standard InChI is InChI=1S/C8H8INO4S/c9-5-8(11)10-6-1-3-7(4-2-6)15-14-13-12/h1-4,12H,5H2,(H,10,11). The molecule has 2 N–H and O–H groups in total. The maximum atomic E-state index is 11.0. The fourth-order valence-electron chi connectivity index (χ4n) is 0.843. The van der Waals surface area contributed by atoms with Crippen molar-refractivity contribution in [1.82, 2.24) is 0 Å². The van der Waals surface area contributed by atoms with E-state index in [1.807, 2.05) is 22.6 Å². The Kier molecular flexibility index (Phi) is 5.95. The highest BCUT2D eigenvalue weighted by molar-refractivity contribution is 14.1. The maximum Gasteiger partial charge on any atom is 0.234 e. The van der Waals surface area contributed by atoms with E-state index in [0.29, 0.717) is 10.1 Å². The van der Waals surface area contributed by atoms with Gasteiger partial charge in [0.25, 0.3) is 0 Å². The topological polar surface area (TPSA) is 67.8 Å². The SMILES string of the molecule is O=C(CI)Nc1ccc(SOOO)cc1. The number of hydrogen-bond acceptors (Lipinski definition) is 5. The molecule has 15 heavy (non-hydrogen) atoms. The van der Waals surface area contributed by atoms with Crippen LogP contribution < -0.4 is 5.32 Å². The van der Waals surface area contributed by atoms with Gasteiger partial charge in [-0.3, -0.25) is 4.79 Å². The fraction of sp³-hybridized carbons (Fsp3) is 0.125. The van der Waals surface area contributed by atoms with Gasteiger partial charge >= 0.3 is 0 Å². The first-order chi connectivity index (χ1) is 7.26. The lowest BCUT2D eigenvalue weighted by molar-refractivity contribution is -0.432. The third-order valence-corrected chi connectivity index (χ3v) is 2.71. The minimum absolute atomic E-state index is 0.0501. The third-order valence-electron chi connectivity index (χ3n) is 1.42. The van der Waals surface area contributed by atoms with Gasteiger partial charge in [-0.25, -0.2) is 5.26 Å². The lowest BCUT2D eigenvalue weighted by Gasteiger charge is -2.03. The Morgan fingerprint density at radius 2 is 2.13 bits per heavy atom. The first-order valence-electron chi connectivity index (χ1n) is 3.87. The molecular weight excluding hydrogens is 333 g/mol. The molecule has 0 aliphatic heterocycles. The Balaban J connectivity index is 2.52. The minimum Gasteiger partial charge on any atom is -0.325 e. The van der Waals surface area contributed by atoms with Gasteiger partial charge in [0.05, 0.1) is 16.5 Å². The molecule has 0 aliphatic rings. The summed E-state index contributed by atoms with van der Waals surface area (Å²) in [6.45, 7) is 0. The molecule has 7 heteroatoms. The largest absolute Gasteiger partial charge is 0.325 e. The molecule has 0 aromatic heterocycles. The fourth-order valence-corrected chi connectivity index (χ4v) is 1.39. The van der Waals surface area contributed by atoms with E-state index in [1.165, 1.54) is 0 Å². The highest BCUT2D eigenvalue weighted by atomic mass is 127. The Morgan fingerprint density at radius 1 is 1.47 bits per heavy atom. The van der Waals surface area contributed by atoms with Gasteiger partial charge in [0.2, 0.25) is 5.91 Å². The predicted molar refractivity (Wildman–Crippen MR) is 64.6 cm³/mol. The zero-order valence-electron chi connectivity index (χ0n) is 7.47. The van der Waals surface area contributed by atoms with Crippen LogP contribution in [-0.4, -0.2) is 15.6 Å². The Morgan fingerprint density at radius 3 is 2.67 bits per heavy atom. The molecule has 5 nitrogen and oxygen atoms in total. The van der Waals surface area contributed by atoms with E-state index < -0.39 is 0 Å². The van der Waals surface area contributed by atoms with Gasteiger partial charge in [0, 0.05) is 10.6 Å². The van der Waals surface area contributed by atoms with Crippen molar-refractivity contribution in [2.75, 3.05) is 9.74 Å². The Labute approximate surface area is 104 Å². The van der Waals surface area contributed by atoms with Crippen LogP contribution in [0.1, 0.15) is 0 Å². The summed E-state index contributed by atoms with van der Waals surface area (Å²) in [7, 11) is 0. The van der Waals surface area contributed by atoms with Crippen LogP contribution in [-0.2, 0) is 14.2 Å². The van der Waals surface area contributed by atoms with Crippen LogP contribution in [0.25, 0.3) is 0 Å². The summed E-state index contributed by atoms with van der Waals surface area (Å²) in [5, 5.41) is 14.1. The second-order valence-electron chi connectivity index (χ2n) is 2.43. The van der Waals surface area contributed by atoms with Gasteiger partial charge in [0.1, 0.15) is 0 Å². The number of nitrogens with one attached hydrogen (secondary N) is 1. The van der Waals surface area contributed by atoms with Gasteiger partial charge in [-0.2, -0.15) is 0 Å². The number of amides is 1. The molecule has 0 saturated carbocycles. The number of carbonyl (C=O) groups is 1. The average Bonchev–Trinajstić information content (AvgIpc) is 2.28. The third kappa shape index (κ3) is 4.80. The maximum absolute atomic E-state index is 11.0. The van der Waals surface area contributed by atoms with Crippen LogP contribution in [0.4, 0.5) is 5.69 Å². The number of rotatable bonds is 5. The van der Waals surface area contributed by atoms with E-state index >= 15 is 0 Å². The van der Waals surface area contributed by atoms with E-state index in [4.69, 9.17) is 5.26 Å². The van der Waals surface area contributed by atoms with Gasteiger partial charge in [-0.1, -0.05) is 27.6 Å². The van der Waals surface area contributed by atoms with Crippen molar-refractivity contribution in [3.63, 3.8) is 0 Å². The lowest BCUT2D eigenvalue weighted by atomic mass is 10.3. The monoisotopic (exact) mass is 341 g/mol. The molecule has 0 heterocycles. The highest BCUT2D eigenvalue weighted by Gasteiger charge is 2.00. The van der Waals surface area contributed by atoms with E-state index in [2.05, 4.69) is 14.7 Å². The summed E-state index contributed by atoms with van der Waals surface area (Å²) < 4.78 is 4.66. The Bertz CT molecular complexity index is 319. The Hall–Kier alpha value is -0.350.